The Morgan fingerprint density at radius 1 is 0.407 bits per heavy atom. The van der Waals surface area contributed by atoms with Gasteiger partial charge in [0.1, 0.15) is 60.3 Å². The molecular formula is C94H130O29. The van der Waals surface area contributed by atoms with Crippen molar-refractivity contribution in [3.63, 3.8) is 0 Å². The van der Waals surface area contributed by atoms with Crippen LogP contribution < -0.4 is 0 Å². The number of carbonyl (C=O) groups excluding carboxylic acids is 8. The minimum Gasteiger partial charge on any atom is -0.508 e. The number of carbonyl (C=O) groups is 9. The molecule has 0 spiro atoms. The van der Waals surface area contributed by atoms with Crippen molar-refractivity contribution in [2.24, 2.45) is 35.5 Å². The van der Waals surface area contributed by atoms with E-state index >= 15 is 0 Å². The summed E-state index contributed by atoms with van der Waals surface area (Å²) >= 11 is 0. The molecule has 29 nitrogen and oxygen atoms in total. The fourth-order valence-corrected chi connectivity index (χ4v) is 17.3. The number of aldehydes is 2. The first-order valence-corrected chi connectivity index (χ1v) is 42.3. The van der Waals surface area contributed by atoms with Crippen molar-refractivity contribution in [3.8, 4) is 17.2 Å². The molecule has 0 radical (unpaired) electrons. The van der Waals surface area contributed by atoms with Gasteiger partial charge in [-0.05, 0) is 247 Å². The highest BCUT2D eigenvalue weighted by Gasteiger charge is 2.56. The Morgan fingerprint density at radius 3 is 0.976 bits per heavy atom. The van der Waals surface area contributed by atoms with E-state index in [-0.39, 0.29) is 170 Å². The van der Waals surface area contributed by atoms with Crippen LogP contribution in [0.25, 0.3) is 0 Å². The Balaban J connectivity index is 0.000000200. The number of aliphatic carboxylic acids is 1. The molecular weight excluding hydrogens is 1590 g/mol. The monoisotopic (exact) mass is 1720 g/mol. The average Bonchev–Trinajstić information content (AvgIpc) is 1.67. The van der Waals surface area contributed by atoms with Crippen LogP contribution in [0, 0.1) is 35.5 Å². The van der Waals surface area contributed by atoms with Crippen LogP contribution in [0.2, 0.25) is 0 Å². The molecule has 0 unspecified atom stereocenters. The molecule has 16 atom stereocenters. The number of rotatable bonds is 24. The zero-order chi connectivity index (χ0) is 90.9. The molecule has 3 aromatic carbocycles. The summed E-state index contributed by atoms with van der Waals surface area (Å²) in [6.07, 6.45) is 17.6. The van der Waals surface area contributed by atoms with E-state index in [1.807, 2.05) is 120 Å². The molecule has 123 heavy (non-hydrogen) atoms. The molecule has 680 valence electrons. The standard InChI is InChI=1S/C20H26O5.C17H20O5.2C13H20O4.C12H18O4.C11H16O5.C8H10O2/c1-4-16-14(11-17-19(16)25-20(2,3)24-17)12-18(22)23-10-9-13-5-7-15(21)8-6-13;1-2-14(12-19)15(7-9-18)11-17(21)22-10-8-13-3-5-16(20)6-4-13;2*1-5-9-8(7-11(14)15-4)6-10-12(9)17-13(2,3)16-10;1-4-8-7(6-10(13)14)5-9-11(8)16-12(2,3)15-9;1-11(2)15-7-4-6(5-8(12)14-3)9(13)10(7)16-11;9-6-5-7-1-3-8(10)4-2-7/h4-8,14,17,19,21H,9-12H2,1-3H3;2-6,9,12,15,20H,7-8,10-11H2,1H3;2*5,8,10,12H,6-7H2,1-4H3;4,7,9,11H,5-6H2,1-3H3,(H,13,14);6-7,10H,4-5H2,1-3H3;1-4,9-10H,5-6H2/b16-4+;14-2-;2*9-5+;8-4+;;/t14-,17+,19-;15-;2*8-,10+,12-;7-,9+,11-;6-,7+,10+;/m000000./s1. The maximum atomic E-state index is 12.2. The fraction of sp³-hybridized carbons (Fsp3) is 0.606. The Bertz CT molecular complexity index is 4100. The highest BCUT2D eigenvalue weighted by Crippen LogP contribution is 2.50. The molecule has 5 aliphatic heterocycles. The van der Waals surface area contributed by atoms with Gasteiger partial charge in [0.15, 0.2) is 34.7 Å². The molecule has 10 aliphatic rings. The van der Waals surface area contributed by atoms with Gasteiger partial charge in [0.25, 0.3) is 0 Å². The normalized spacial score (nSPS) is 29.0. The van der Waals surface area contributed by atoms with Crippen molar-refractivity contribution in [2.75, 3.05) is 41.2 Å². The second-order valence-corrected chi connectivity index (χ2v) is 34.0. The van der Waals surface area contributed by atoms with Crippen LogP contribution in [-0.4, -0.2) is 211 Å². The van der Waals surface area contributed by atoms with E-state index in [1.54, 1.807) is 87.5 Å². The van der Waals surface area contributed by atoms with Crippen LogP contribution in [0.4, 0.5) is 0 Å². The predicted octanol–water partition coefficient (Wildman–Crippen LogP) is 13.2. The van der Waals surface area contributed by atoms with Gasteiger partial charge in [0.05, 0.1) is 104 Å². The summed E-state index contributed by atoms with van der Waals surface area (Å²) in [6.45, 7) is 29.2. The third kappa shape index (κ3) is 30.2. The number of ether oxygens (including phenoxy) is 15. The number of allylic oxidation sites excluding steroid dienone is 6. The van der Waals surface area contributed by atoms with Gasteiger partial charge >= 0.3 is 35.8 Å². The fourth-order valence-electron chi connectivity index (χ4n) is 17.3. The van der Waals surface area contributed by atoms with Crippen LogP contribution >= 0.6 is 0 Å². The minimum absolute atomic E-state index is 0.00431. The van der Waals surface area contributed by atoms with Crippen LogP contribution in [0.1, 0.15) is 198 Å². The van der Waals surface area contributed by atoms with E-state index in [9.17, 15) is 53.4 Å². The van der Waals surface area contributed by atoms with Gasteiger partial charge in [-0.3, -0.25) is 38.4 Å². The van der Waals surface area contributed by atoms with Gasteiger partial charge < -0.3 is 101 Å². The van der Waals surface area contributed by atoms with E-state index < -0.39 is 52.9 Å². The molecule has 3 aromatic rings. The summed E-state index contributed by atoms with van der Waals surface area (Å²) in [5.74, 6) is -4.45. The molecule has 0 bridgehead atoms. The molecule has 0 aromatic heterocycles. The largest absolute Gasteiger partial charge is 0.508 e. The number of ketones is 1. The Morgan fingerprint density at radius 2 is 0.691 bits per heavy atom. The quantitative estimate of drug-likeness (QED) is 0.0183. The van der Waals surface area contributed by atoms with Crippen LogP contribution in [0.5, 0.6) is 17.2 Å². The molecule has 0 amide bonds. The van der Waals surface area contributed by atoms with Crippen LogP contribution in [0.15, 0.2) is 131 Å². The van der Waals surface area contributed by atoms with Crippen LogP contribution in [0.3, 0.4) is 0 Å². The van der Waals surface area contributed by atoms with Crippen molar-refractivity contribution in [1.82, 2.24) is 0 Å². The number of carboxylic acids is 1. The molecule has 10 fully saturated rings. The average molecular weight is 1720 g/mol. The van der Waals surface area contributed by atoms with Crippen molar-refractivity contribution >= 4 is 54.2 Å². The zero-order valence-electron chi connectivity index (χ0n) is 74.5. The lowest BCUT2D eigenvalue weighted by molar-refractivity contribution is -0.164. The van der Waals surface area contributed by atoms with Gasteiger partial charge in [0.2, 0.25) is 0 Å². The zero-order valence-corrected chi connectivity index (χ0v) is 74.5. The summed E-state index contributed by atoms with van der Waals surface area (Å²) < 4.78 is 82.5. The minimum atomic E-state index is -0.761. The third-order valence-electron chi connectivity index (χ3n) is 22.7. The lowest BCUT2D eigenvalue weighted by atomic mass is 9.93. The topological polar surface area (TPSA) is 393 Å². The summed E-state index contributed by atoms with van der Waals surface area (Å²) in [5.41, 5.74) is 8.01. The van der Waals surface area contributed by atoms with E-state index in [0.29, 0.717) is 69.7 Å². The number of phenolic OH excluding ortho intramolecular Hbond substituents is 3. The highest BCUT2D eigenvalue weighted by molar-refractivity contribution is 5.91. The first-order chi connectivity index (χ1) is 58.1. The number of aromatic hydroxyl groups is 3. The third-order valence-corrected chi connectivity index (χ3v) is 22.7. The summed E-state index contributed by atoms with van der Waals surface area (Å²) in [4.78, 5) is 102. The smallest absolute Gasteiger partial charge is 0.306 e. The van der Waals surface area contributed by atoms with E-state index in [0.717, 1.165) is 53.5 Å². The molecule has 5 saturated carbocycles. The van der Waals surface area contributed by atoms with E-state index in [4.69, 9.17) is 81.6 Å². The van der Waals surface area contributed by atoms with Gasteiger partial charge in [-0.15, -0.1) is 0 Å². The Labute approximate surface area is 722 Å². The predicted molar refractivity (Wildman–Crippen MR) is 450 cm³/mol. The number of aliphatic hydroxyl groups is 1. The first kappa shape index (κ1) is 101. The van der Waals surface area contributed by atoms with Gasteiger partial charge in [0, 0.05) is 37.7 Å². The molecule has 5 heterocycles. The van der Waals surface area contributed by atoms with Crippen molar-refractivity contribution in [1.29, 1.82) is 0 Å². The number of hydrogen-bond acceptors (Lipinski definition) is 28. The number of aliphatic hydroxyl groups excluding tert-OH is 1. The first-order valence-electron chi connectivity index (χ1n) is 42.3. The maximum Gasteiger partial charge on any atom is 0.306 e. The molecule has 5 N–H and O–H groups in total. The Hall–Kier alpha value is -8.85. The molecule has 5 saturated heterocycles. The Kier molecular flexibility index (Phi) is 38.2. The highest BCUT2D eigenvalue weighted by atomic mass is 16.8. The summed E-state index contributed by atoms with van der Waals surface area (Å²) in [5, 5.41) is 44.7. The molecule has 13 rings (SSSR count). The van der Waals surface area contributed by atoms with Crippen molar-refractivity contribution in [3.05, 3.63) is 148 Å². The van der Waals surface area contributed by atoms with Crippen LogP contribution in [-0.2, 0) is 133 Å². The maximum absolute atomic E-state index is 12.2. The number of hydrogen-bond donors (Lipinski definition) is 5. The number of methoxy groups -OCH3 is 3. The van der Waals surface area contributed by atoms with Gasteiger partial charge in [-0.2, -0.15) is 0 Å². The molecule has 29 heteroatoms. The number of fused-ring (bicyclic) bond motifs is 5. The summed E-state index contributed by atoms with van der Waals surface area (Å²) in [7, 11) is 4.16. The SMILES string of the molecule is C/C=C(/C=O)[C@@H](CC=O)CC(=O)OCCc1ccc(O)cc1.C/C=C1\[C@H](CC(=O)O)C[C@H]2OC(C)(C)O[C@@H]12.C/C=C1\[C@H](CC(=O)OC)C[C@H]2OC(C)(C)O[C@@H]12.C/C=C1\[C@H](CC(=O)OC)C[C@H]2OC(C)(C)O[C@@H]12.C/C=C1\[C@H](CC(=O)OCCc2ccc(O)cc2)C[C@H]2OC(C)(C)O[C@@H]12.COC(=O)C[C@@H]1C[C@H]2OC(C)(C)O[C@H]2C1=O.OCCc1ccc(O)cc1. The molecule has 5 aliphatic carbocycles. The summed E-state index contributed by atoms with van der Waals surface area (Å²) in [6, 6.07) is 20.4. The lowest BCUT2D eigenvalue weighted by Crippen LogP contribution is -2.28. The number of esters is 5. The second-order valence-electron chi connectivity index (χ2n) is 34.0. The van der Waals surface area contributed by atoms with E-state index in [1.165, 1.54) is 32.5 Å². The van der Waals surface area contributed by atoms with Gasteiger partial charge in [-0.1, -0.05) is 66.8 Å². The number of carboxylic acid groups (broad SMARTS) is 1. The number of phenols is 3. The van der Waals surface area contributed by atoms with Gasteiger partial charge in [-0.25, -0.2) is 0 Å². The second kappa shape index (κ2) is 46.4. The number of benzene rings is 3. The van der Waals surface area contributed by atoms with Crippen molar-refractivity contribution < 1.29 is 140 Å². The van der Waals surface area contributed by atoms with Crippen molar-refractivity contribution in [2.45, 2.75) is 290 Å². The van der Waals surface area contributed by atoms with E-state index in [2.05, 4.69) is 4.74 Å². The lowest BCUT2D eigenvalue weighted by Gasteiger charge is -2.21. The number of Topliss-reactive ketones (excluding diaryl/α,β-unsaturated/α-hetero) is 1.